The van der Waals surface area contributed by atoms with Crippen molar-refractivity contribution in [1.82, 2.24) is 0 Å². The van der Waals surface area contributed by atoms with Crippen LogP contribution in [-0.4, -0.2) is 11.9 Å². The molecule has 0 saturated carbocycles. The fourth-order valence-electron chi connectivity index (χ4n) is 4.86. The summed E-state index contributed by atoms with van der Waals surface area (Å²) in [5, 5.41) is 0. The smallest absolute Gasteiger partial charge is 0.247 e. The summed E-state index contributed by atoms with van der Waals surface area (Å²) in [7, 11) is 0. The molecule has 0 spiro atoms. The van der Waals surface area contributed by atoms with Crippen LogP contribution in [0.2, 0.25) is 0 Å². The normalized spacial score (nSPS) is 11.6. The topological polar surface area (TPSA) is 52.6 Å². The van der Waals surface area contributed by atoms with Crippen molar-refractivity contribution >= 4 is 11.9 Å². The summed E-state index contributed by atoms with van der Waals surface area (Å²) >= 11 is 0. The third kappa shape index (κ3) is 32.6. The molecule has 0 aromatic carbocycles. The van der Waals surface area contributed by atoms with Crippen LogP contribution in [0.4, 0.5) is 0 Å². The van der Waals surface area contributed by atoms with Gasteiger partial charge in [0, 0.05) is 0 Å². The van der Waals surface area contributed by atoms with E-state index in [1.54, 1.807) is 0 Å². The Balaban J connectivity index is 3.36. The van der Waals surface area contributed by atoms with Gasteiger partial charge in [0.05, 0.1) is 12.8 Å². The van der Waals surface area contributed by atoms with E-state index in [0.29, 0.717) is 12.8 Å². The standard InChI is InChI=1S/C36H66O4/c1-3-5-7-9-11-13-15-17-19-21-23-25-27-29-31-33-35(37)39-40-36(38)34-32-30-28-26-24-22-20-18-16-14-12-10-8-6-4-2/h17-20H,3-16,21-34H2,1-2H3/b19-17-,20-18+. The minimum Gasteiger partial charge on any atom is -0.247 e. The fraction of sp³-hybridized carbons (Fsp3) is 0.833. The van der Waals surface area contributed by atoms with Crippen molar-refractivity contribution in [3.05, 3.63) is 24.3 Å². The van der Waals surface area contributed by atoms with Gasteiger partial charge in [-0.25, -0.2) is 19.4 Å². The average molecular weight is 563 g/mol. The molecule has 0 fully saturated rings. The van der Waals surface area contributed by atoms with Crippen LogP contribution in [0.25, 0.3) is 0 Å². The quantitative estimate of drug-likeness (QED) is 0.0378. The number of hydrogen-bond acceptors (Lipinski definition) is 4. The van der Waals surface area contributed by atoms with E-state index in [0.717, 1.165) is 51.4 Å². The van der Waals surface area contributed by atoms with Gasteiger partial charge in [0.15, 0.2) is 0 Å². The molecule has 0 atom stereocenters. The maximum Gasteiger partial charge on any atom is 0.355 e. The fourth-order valence-corrected chi connectivity index (χ4v) is 4.86. The Morgan fingerprint density at radius 1 is 0.375 bits per heavy atom. The molecule has 0 saturated heterocycles. The van der Waals surface area contributed by atoms with Crippen molar-refractivity contribution in [2.24, 2.45) is 0 Å². The number of carbonyl (C=O) groups excluding carboxylic acids is 2. The van der Waals surface area contributed by atoms with E-state index in [2.05, 4.69) is 38.2 Å². The van der Waals surface area contributed by atoms with Crippen LogP contribution in [-0.2, 0) is 19.4 Å². The summed E-state index contributed by atoms with van der Waals surface area (Å²) in [5.74, 6) is -0.869. The van der Waals surface area contributed by atoms with Crippen molar-refractivity contribution in [2.45, 2.75) is 194 Å². The Kier molecular flexibility index (Phi) is 32.3. The third-order valence-electron chi connectivity index (χ3n) is 7.51. The molecule has 0 heterocycles. The zero-order chi connectivity index (χ0) is 29.2. The van der Waals surface area contributed by atoms with Crippen LogP contribution in [0.15, 0.2) is 24.3 Å². The molecule has 234 valence electrons. The highest BCUT2D eigenvalue weighted by Gasteiger charge is 2.09. The van der Waals surface area contributed by atoms with Crippen molar-refractivity contribution in [2.75, 3.05) is 0 Å². The van der Waals surface area contributed by atoms with E-state index in [-0.39, 0.29) is 0 Å². The van der Waals surface area contributed by atoms with Gasteiger partial charge in [0.2, 0.25) is 0 Å². The summed E-state index contributed by atoms with van der Waals surface area (Å²) in [6.07, 6.45) is 41.7. The van der Waals surface area contributed by atoms with Gasteiger partial charge in [-0.1, -0.05) is 141 Å². The van der Waals surface area contributed by atoms with Crippen molar-refractivity contribution in [3.8, 4) is 0 Å². The maximum absolute atomic E-state index is 11.8. The van der Waals surface area contributed by atoms with E-state index < -0.39 is 11.9 Å². The molecule has 0 aliphatic carbocycles. The minimum absolute atomic E-state index is 0.318. The predicted octanol–water partition coefficient (Wildman–Crippen LogP) is 12.1. The van der Waals surface area contributed by atoms with Gasteiger partial charge in [-0.3, -0.25) is 0 Å². The summed E-state index contributed by atoms with van der Waals surface area (Å²) in [6.45, 7) is 4.52. The number of hydrogen-bond donors (Lipinski definition) is 0. The molecule has 40 heavy (non-hydrogen) atoms. The molecular weight excluding hydrogens is 496 g/mol. The van der Waals surface area contributed by atoms with E-state index >= 15 is 0 Å². The molecule has 0 aliphatic heterocycles. The molecule has 4 nitrogen and oxygen atoms in total. The molecule has 0 aromatic rings. The largest absolute Gasteiger partial charge is 0.355 e. The van der Waals surface area contributed by atoms with Crippen LogP contribution in [0.3, 0.4) is 0 Å². The first kappa shape index (κ1) is 38.4. The Morgan fingerprint density at radius 2 is 0.625 bits per heavy atom. The lowest BCUT2D eigenvalue weighted by Crippen LogP contribution is -2.11. The first-order valence-electron chi connectivity index (χ1n) is 17.4. The van der Waals surface area contributed by atoms with Gasteiger partial charge >= 0.3 is 11.9 Å². The molecule has 0 amide bonds. The Morgan fingerprint density at radius 3 is 0.925 bits per heavy atom. The SMILES string of the molecule is CCCCCCCC/C=C\CCCCCCCC(=O)OOC(=O)CCCCCCC/C=C/CCCCCCCC. The molecule has 0 unspecified atom stereocenters. The van der Waals surface area contributed by atoms with E-state index in [9.17, 15) is 9.59 Å². The van der Waals surface area contributed by atoms with E-state index in [4.69, 9.17) is 9.78 Å². The third-order valence-corrected chi connectivity index (χ3v) is 7.51. The van der Waals surface area contributed by atoms with Gasteiger partial charge in [0.1, 0.15) is 0 Å². The second-order valence-corrected chi connectivity index (χ2v) is 11.6. The lowest BCUT2D eigenvalue weighted by atomic mass is 10.1. The van der Waals surface area contributed by atoms with Crippen molar-refractivity contribution in [3.63, 3.8) is 0 Å². The summed E-state index contributed by atoms with van der Waals surface area (Å²) in [6, 6.07) is 0. The van der Waals surface area contributed by atoms with Crippen molar-refractivity contribution < 1.29 is 19.4 Å². The average Bonchev–Trinajstić information content (AvgIpc) is 2.96. The summed E-state index contributed by atoms with van der Waals surface area (Å²) < 4.78 is 0. The Labute approximate surface area is 249 Å². The molecule has 0 radical (unpaired) electrons. The number of allylic oxidation sites excluding steroid dienone is 4. The number of carbonyl (C=O) groups is 2. The highest BCUT2D eigenvalue weighted by molar-refractivity contribution is 5.72. The van der Waals surface area contributed by atoms with Crippen LogP contribution in [0.1, 0.15) is 194 Å². The maximum atomic E-state index is 11.8. The molecule has 0 aliphatic rings. The van der Waals surface area contributed by atoms with Crippen molar-refractivity contribution in [1.29, 1.82) is 0 Å². The van der Waals surface area contributed by atoms with Gasteiger partial charge in [-0.15, -0.1) is 0 Å². The molecular formula is C36H66O4. The molecule has 0 aromatic heterocycles. The predicted molar refractivity (Wildman–Crippen MR) is 171 cm³/mol. The zero-order valence-electron chi connectivity index (χ0n) is 26.7. The highest BCUT2D eigenvalue weighted by Crippen LogP contribution is 2.12. The van der Waals surface area contributed by atoms with Gasteiger partial charge in [-0.05, 0) is 64.2 Å². The van der Waals surface area contributed by atoms with Gasteiger partial charge < -0.3 is 0 Å². The molecule has 0 N–H and O–H groups in total. The van der Waals surface area contributed by atoms with E-state index in [1.807, 2.05) is 0 Å². The second kappa shape index (κ2) is 33.6. The lowest BCUT2D eigenvalue weighted by Gasteiger charge is -2.04. The molecule has 0 rings (SSSR count). The monoisotopic (exact) mass is 562 g/mol. The zero-order valence-corrected chi connectivity index (χ0v) is 26.7. The van der Waals surface area contributed by atoms with Crippen LogP contribution >= 0.6 is 0 Å². The minimum atomic E-state index is -0.435. The van der Waals surface area contributed by atoms with Crippen LogP contribution in [0.5, 0.6) is 0 Å². The molecule has 4 heteroatoms. The second-order valence-electron chi connectivity index (χ2n) is 11.6. The Bertz CT molecular complexity index is 544. The molecule has 0 bridgehead atoms. The highest BCUT2D eigenvalue weighted by atomic mass is 17.2. The van der Waals surface area contributed by atoms with Gasteiger partial charge in [0.25, 0.3) is 0 Å². The van der Waals surface area contributed by atoms with Gasteiger partial charge in [-0.2, -0.15) is 0 Å². The first-order chi connectivity index (χ1) is 19.7. The van der Waals surface area contributed by atoms with Crippen LogP contribution in [0, 0.1) is 0 Å². The van der Waals surface area contributed by atoms with Crippen LogP contribution < -0.4 is 0 Å². The summed E-state index contributed by atoms with van der Waals surface area (Å²) in [5.41, 5.74) is 0. The summed E-state index contributed by atoms with van der Waals surface area (Å²) in [4.78, 5) is 32.9. The number of rotatable bonds is 30. The van der Waals surface area contributed by atoms with E-state index in [1.165, 1.54) is 116 Å². The first-order valence-corrected chi connectivity index (χ1v) is 17.4. The lowest BCUT2D eigenvalue weighted by molar-refractivity contribution is -0.259. The Hall–Kier alpha value is -1.58. The number of unbranched alkanes of at least 4 members (excludes halogenated alkanes) is 22.